The van der Waals surface area contributed by atoms with Crippen LogP contribution >= 0.6 is 0 Å². The number of fused-ring (bicyclic) bond motifs is 1. The maximum Gasteiger partial charge on any atom is 0.404 e. The fourth-order valence-electron chi connectivity index (χ4n) is 8.58. The molecule has 0 amide bonds. The summed E-state index contributed by atoms with van der Waals surface area (Å²) in [6.45, 7) is 4.15. The van der Waals surface area contributed by atoms with E-state index in [9.17, 15) is 18.3 Å². The van der Waals surface area contributed by atoms with E-state index in [1.807, 2.05) is 110 Å². The third-order valence-electron chi connectivity index (χ3n) is 12.1. The molecule has 1 aliphatic heterocycles. The second-order valence-electron chi connectivity index (χ2n) is 16.0. The number of benzene rings is 4. The van der Waals surface area contributed by atoms with E-state index < -0.39 is 12.2 Å². The normalized spacial score (nSPS) is 18.1. The number of nitrogens with zero attached hydrogens (tertiary/aromatic N) is 5. The molecule has 4 aromatic carbocycles. The quantitative estimate of drug-likeness (QED) is 0.116. The summed E-state index contributed by atoms with van der Waals surface area (Å²) in [7, 11) is 1.89. The van der Waals surface area contributed by atoms with Crippen molar-refractivity contribution < 1.29 is 32.5 Å². The average molecular weight is 820 g/mol. The summed E-state index contributed by atoms with van der Waals surface area (Å²) in [5.41, 5.74) is 6.03. The first kappa shape index (κ1) is 41.0. The van der Waals surface area contributed by atoms with Crippen LogP contribution in [0.2, 0.25) is 0 Å². The number of hydrogen-bond acceptors (Lipinski definition) is 8. The fourth-order valence-corrected chi connectivity index (χ4v) is 8.58. The molecule has 0 radical (unpaired) electrons. The van der Waals surface area contributed by atoms with Gasteiger partial charge in [0, 0.05) is 55.9 Å². The lowest BCUT2D eigenvalue weighted by Gasteiger charge is -2.41. The Bertz CT molecular complexity index is 2340. The van der Waals surface area contributed by atoms with Gasteiger partial charge in [-0.1, -0.05) is 66.7 Å². The Balaban J connectivity index is 0.912. The largest absolute Gasteiger partial charge is 0.508 e. The van der Waals surface area contributed by atoms with E-state index in [-0.39, 0.29) is 24.2 Å². The molecule has 314 valence electrons. The summed E-state index contributed by atoms with van der Waals surface area (Å²) in [4.78, 5) is 8.59. The van der Waals surface area contributed by atoms with Gasteiger partial charge < -0.3 is 24.2 Å². The number of phenolic OH excluding ortho intramolecular Hbond substituents is 1. The maximum atomic E-state index is 14.6. The van der Waals surface area contributed by atoms with Gasteiger partial charge in [0.1, 0.15) is 36.4 Å². The molecule has 6 aromatic rings. The maximum absolute atomic E-state index is 14.6. The van der Waals surface area contributed by atoms with Gasteiger partial charge in [0.2, 0.25) is 11.8 Å². The summed E-state index contributed by atoms with van der Waals surface area (Å²) in [5.74, 6) is 1.96. The van der Waals surface area contributed by atoms with Crippen molar-refractivity contribution in [3.63, 3.8) is 0 Å². The molecule has 0 bridgehead atoms. The zero-order valence-electron chi connectivity index (χ0n) is 34.2. The predicted molar refractivity (Wildman–Crippen MR) is 228 cm³/mol. The lowest BCUT2D eigenvalue weighted by molar-refractivity contribution is -0.187. The van der Waals surface area contributed by atoms with E-state index in [2.05, 4.69) is 11.0 Å². The van der Waals surface area contributed by atoms with E-state index in [1.165, 1.54) is 0 Å². The minimum Gasteiger partial charge on any atom is -0.508 e. The molecule has 1 saturated heterocycles. The van der Waals surface area contributed by atoms with Crippen molar-refractivity contribution in [1.29, 1.82) is 0 Å². The first-order valence-corrected chi connectivity index (χ1v) is 20.9. The van der Waals surface area contributed by atoms with Crippen molar-refractivity contribution >= 4 is 16.6 Å². The smallest absolute Gasteiger partial charge is 0.404 e. The van der Waals surface area contributed by atoms with Crippen LogP contribution in [0.25, 0.3) is 22.2 Å². The molecular weight excluding hydrogens is 768 g/mol. The topological polar surface area (TPSA) is 85.1 Å². The van der Waals surface area contributed by atoms with E-state index in [1.54, 1.807) is 17.0 Å². The van der Waals surface area contributed by atoms with Gasteiger partial charge in [-0.2, -0.15) is 23.3 Å². The minimum atomic E-state index is -4.30. The van der Waals surface area contributed by atoms with E-state index >= 15 is 0 Å². The van der Waals surface area contributed by atoms with E-state index in [0.717, 1.165) is 64.7 Å². The first-order chi connectivity index (χ1) is 29.1. The van der Waals surface area contributed by atoms with Crippen LogP contribution in [0.1, 0.15) is 55.2 Å². The van der Waals surface area contributed by atoms with Crippen LogP contribution in [0.4, 0.5) is 18.9 Å². The highest BCUT2D eigenvalue weighted by molar-refractivity contribution is 5.96. The zero-order chi connectivity index (χ0) is 41.6. The van der Waals surface area contributed by atoms with Crippen molar-refractivity contribution in [1.82, 2.24) is 19.7 Å². The molecule has 1 saturated carbocycles. The van der Waals surface area contributed by atoms with E-state index in [4.69, 9.17) is 24.3 Å². The van der Waals surface area contributed by atoms with Crippen molar-refractivity contribution in [2.75, 3.05) is 31.1 Å². The Morgan fingerprint density at radius 3 is 2.15 bits per heavy atom. The van der Waals surface area contributed by atoms with Crippen LogP contribution < -0.4 is 19.1 Å². The summed E-state index contributed by atoms with van der Waals surface area (Å²) in [6, 6.07) is 33.5. The van der Waals surface area contributed by atoms with Crippen LogP contribution in [-0.2, 0) is 20.3 Å². The van der Waals surface area contributed by atoms with Gasteiger partial charge in [0.25, 0.3) is 0 Å². The molecule has 60 heavy (non-hydrogen) atoms. The monoisotopic (exact) mass is 819 g/mol. The molecule has 1 atom stereocenters. The van der Waals surface area contributed by atoms with Gasteiger partial charge >= 0.3 is 6.18 Å². The van der Waals surface area contributed by atoms with Gasteiger partial charge in [-0.05, 0) is 98.9 Å². The van der Waals surface area contributed by atoms with Gasteiger partial charge in [-0.3, -0.25) is 9.58 Å². The summed E-state index contributed by atoms with van der Waals surface area (Å²) < 4.78 is 64.2. The molecule has 1 aliphatic carbocycles. The Kier molecular flexibility index (Phi) is 12.5. The molecule has 3 heterocycles. The molecule has 8 rings (SSSR count). The predicted octanol–water partition coefficient (Wildman–Crippen LogP) is 10.3. The number of aryl methyl sites for hydroxylation is 1. The van der Waals surface area contributed by atoms with Crippen LogP contribution in [0.5, 0.6) is 23.3 Å². The molecule has 12 heteroatoms. The second-order valence-corrected chi connectivity index (χ2v) is 16.0. The second kappa shape index (κ2) is 18.3. The minimum absolute atomic E-state index is 0.0100. The van der Waals surface area contributed by atoms with Gasteiger partial charge in [0.15, 0.2) is 0 Å². The molecule has 2 fully saturated rings. The number of piperazine rings is 1. The van der Waals surface area contributed by atoms with Crippen LogP contribution in [-0.4, -0.2) is 69.3 Å². The highest BCUT2D eigenvalue weighted by Gasteiger charge is 2.44. The SMILES string of the molecule is Cc1c(O)cccc1OC1CCC(CC[C@H](N2CCN(c3ccc4c(-c5ccc(OCc6ccccc6)nc5OCc5ccccc5)nn(C)c4c3)CC2)C(F)(F)F)CC1. The number of halogens is 3. The molecule has 0 spiro atoms. The van der Waals surface area contributed by atoms with Gasteiger partial charge in [-0.15, -0.1) is 0 Å². The van der Waals surface area contributed by atoms with Gasteiger partial charge in [-0.25, -0.2) is 0 Å². The van der Waals surface area contributed by atoms with Crippen LogP contribution in [0.3, 0.4) is 0 Å². The molecule has 0 unspecified atom stereocenters. The number of aromatic hydroxyl groups is 1. The van der Waals surface area contributed by atoms with Gasteiger partial charge in [0.05, 0.1) is 17.2 Å². The van der Waals surface area contributed by atoms with E-state index in [0.29, 0.717) is 68.9 Å². The molecule has 9 nitrogen and oxygen atoms in total. The number of aromatic nitrogens is 3. The van der Waals surface area contributed by atoms with Crippen molar-refractivity contribution in [2.45, 2.75) is 77.0 Å². The number of phenols is 1. The number of rotatable bonds is 14. The third-order valence-corrected chi connectivity index (χ3v) is 12.1. The third kappa shape index (κ3) is 9.65. The number of ether oxygens (including phenoxy) is 3. The van der Waals surface area contributed by atoms with Crippen molar-refractivity contribution in [3.8, 4) is 34.5 Å². The summed E-state index contributed by atoms with van der Waals surface area (Å²) in [6.07, 6.45) is -0.373. The summed E-state index contributed by atoms with van der Waals surface area (Å²) in [5, 5.41) is 15.9. The molecule has 2 aromatic heterocycles. The highest BCUT2D eigenvalue weighted by atomic mass is 19.4. The van der Waals surface area contributed by atoms with Crippen LogP contribution in [0.15, 0.2) is 109 Å². The number of pyridine rings is 1. The summed E-state index contributed by atoms with van der Waals surface area (Å²) >= 11 is 0. The molecule has 2 aliphatic rings. The molecular formula is C48H52F3N5O4. The van der Waals surface area contributed by atoms with Crippen LogP contribution in [0, 0.1) is 12.8 Å². The Morgan fingerprint density at radius 1 is 0.783 bits per heavy atom. The Labute approximate surface area is 349 Å². The highest BCUT2D eigenvalue weighted by Crippen LogP contribution is 2.39. The lowest BCUT2D eigenvalue weighted by atomic mass is 9.83. The number of hydrogen-bond donors (Lipinski definition) is 1. The number of alkyl halides is 3. The lowest BCUT2D eigenvalue weighted by Crippen LogP contribution is -2.55. The Hall–Kier alpha value is -5.75. The van der Waals surface area contributed by atoms with Crippen molar-refractivity contribution in [2.24, 2.45) is 13.0 Å². The Morgan fingerprint density at radius 2 is 1.47 bits per heavy atom. The average Bonchev–Trinajstić information content (AvgIpc) is 3.59. The first-order valence-electron chi connectivity index (χ1n) is 20.9. The fraction of sp³-hybridized carbons (Fsp3) is 0.375. The zero-order valence-corrected chi connectivity index (χ0v) is 34.2. The van der Waals surface area contributed by atoms with Crippen molar-refractivity contribution in [3.05, 3.63) is 126 Å². The standard InChI is InChI=1S/C48H52F3N5O4/c1-33-42(57)14-9-15-43(33)60-38-20-16-34(17-21-38)18-24-44(48(49,50)51)56-28-26-55(27-29-56)37-19-22-39-41(30-37)54(2)53-46(39)40-23-25-45(58-31-35-10-5-3-6-11-35)52-47(40)59-32-36-12-7-4-8-13-36/h3-15,19,22-23,25,30,34,38,44,57H,16-18,20-21,24,26-29,31-32H2,1-2H3/t34?,38?,44-/m0/s1. The molecule has 1 N–H and O–H groups in total. The number of anilines is 1.